The number of aliphatic hydroxyl groups is 1. The van der Waals surface area contributed by atoms with Gasteiger partial charge in [0.1, 0.15) is 18.5 Å². The standard InChI is InChI=1S/C18H23NO2/c1-15-8-6-7-9-16(15)12-19(2)13-17(20)14-21-18-10-4-3-5-11-18/h3-11,17,20H,12-14H2,1-2H3. The van der Waals surface area contributed by atoms with E-state index in [1.807, 2.05) is 49.5 Å². The summed E-state index contributed by atoms with van der Waals surface area (Å²) in [6, 6.07) is 17.9. The first-order valence-corrected chi connectivity index (χ1v) is 7.24. The minimum atomic E-state index is -0.501. The maximum absolute atomic E-state index is 10.1. The number of ether oxygens (including phenoxy) is 1. The van der Waals surface area contributed by atoms with Gasteiger partial charge in [0.25, 0.3) is 0 Å². The third kappa shape index (κ3) is 5.21. The lowest BCUT2D eigenvalue weighted by Gasteiger charge is -2.21. The van der Waals surface area contributed by atoms with Crippen LogP contribution in [0.3, 0.4) is 0 Å². The van der Waals surface area contributed by atoms with Crippen molar-refractivity contribution >= 4 is 0 Å². The van der Waals surface area contributed by atoms with Crippen LogP contribution in [0.2, 0.25) is 0 Å². The van der Waals surface area contributed by atoms with Crippen molar-refractivity contribution < 1.29 is 9.84 Å². The molecule has 21 heavy (non-hydrogen) atoms. The molecule has 1 N–H and O–H groups in total. The second kappa shape index (κ2) is 7.81. The lowest BCUT2D eigenvalue weighted by atomic mass is 10.1. The Morgan fingerprint density at radius 3 is 2.43 bits per heavy atom. The number of hydrogen-bond donors (Lipinski definition) is 1. The zero-order valence-corrected chi connectivity index (χ0v) is 12.7. The highest BCUT2D eigenvalue weighted by molar-refractivity contribution is 5.25. The fraction of sp³-hybridized carbons (Fsp3) is 0.333. The number of likely N-dealkylation sites (N-methyl/N-ethyl adjacent to an activating group) is 1. The van der Waals surface area contributed by atoms with Gasteiger partial charge in [0, 0.05) is 13.1 Å². The Bertz CT molecular complexity index is 542. The molecule has 2 aromatic carbocycles. The van der Waals surface area contributed by atoms with Crippen molar-refractivity contribution in [1.82, 2.24) is 4.90 Å². The summed E-state index contributed by atoms with van der Waals surface area (Å²) in [6.45, 7) is 3.83. The smallest absolute Gasteiger partial charge is 0.119 e. The Labute approximate surface area is 126 Å². The van der Waals surface area contributed by atoms with Crippen molar-refractivity contribution in [2.75, 3.05) is 20.2 Å². The average molecular weight is 285 g/mol. The lowest BCUT2D eigenvalue weighted by Crippen LogP contribution is -2.32. The largest absolute Gasteiger partial charge is 0.491 e. The van der Waals surface area contributed by atoms with Gasteiger partial charge in [-0.15, -0.1) is 0 Å². The van der Waals surface area contributed by atoms with Crippen molar-refractivity contribution in [2.45, 2.75) is 19.6 Å². The number of para-hydroxylation sites is 1. The van der Waals surface area contributed by atoms with Gasteiger partial charge in [-0.3, -0.25) is 4.90 Å². The van der Waals surface area contributed by atoms with Crippen LogP contribution in [0.1, 0.15) is 11.1 Å². The molecule has 2 aromatic rings. The summed E-state index contributed by atoms with van der Waals surface area (Å²) in [7, 11) is 2.01. The average Bonchev–Trinajstić information content (AvgIpc) is 2.48. The maximum atomic E-state index is 10.1. The molecular weight excluding hydrogens is 262 g/mol. The molecule has 3 heteroatoms. The quantitative estimate of drug-likeness (QED) is 0.849. The van der Waals surface area contributed by atoms with Crippen LogP contribution in [0, 0.1) is 6.92 Å². The summed E-state index contributed by atoms with van der Waals surface area (Å²) in [4.78, 5) is 2.11. The topological polar surface area (TPSA) is 32.7 Å². The number of rotatable bonds is 7. The minimum absolute atomic E-state index is 0.308. The molecule has 0 aliphatic rings. The predicted molar refractivity (Wildman–Crippen MR) is 85.5 cm³/mol. The fourth-order valence-electron chi connectivity index (χ4n) is 2.26. The zero-order valence-electron chi connectivity index (χ0n) is 12.7. The van der Waals surface area contributed by atoms with Crippen molar-refractivity contribution in [3.8, 4) is 5.75 Å². The van der Waals surface area contributed by atoms with E-state index in [-0.39, 0.29) is 0 Å². The molecule has 0 saturated carbocycles. The van der Waals surface area contributed by atoms with Crippen LogP contribution in [0.25, 0.3) is 0 Å². The molecule has 3 nitrogen and oxygen atoms in total. The van der Waals surface area contributed by atoms with Gasteiger partial charge in [0.2, 0.25) is 0 Å². The Hall–Kier alpha value is -1.84. The lowest BCUT2D eigenvalue weighted by molar-refractivity contribution is 0.0743. The second-order valence-corrected chi connectivity index (χ2v) is 5.40. The molecule has 0 aromatic heterocycles. The predicted octanol–water partition coefficient (Wildman–Crippen LogP) is 2.87. The Kier molecular flexibility index (Phi) is 5.78. The molecule has 0 fully saturated rings. The van der Waals surface area contributed by atoms with Gasteiger partial charge < -0.3 is 9.84 Å². The summed E-state index contributed by atoms with van der Waals surface area (Å²) in [5.41, 5.74) is 2.57. The normalized spacial score (nSPS) is 12.4. The van der Waals surface area contributed by atoms with Gasteiger partial charge in [-0.2, -0.15) is 0 Å². The van der Waals surface area contributed by atoms with E-state index in [0.717, 1.165) is 12.3 Å². The number of nitrogens with zero attached hydrogens (tertiary/aromatic N) is 1. The van der Waals surface area contributed by atoms with Gasteiger partial charge in [-0.05, 0) is 37.2 Å². The summed E-state index contributed by atoms with van der Waals surface area (Å²) in [6.07, 6.45) is -0.501. The summed E-state index contributed by atoms with van der Waals surface area (Å²) in [5, 5.41) is 10.1. The van der Waals surface area contributed by atoms with Gasteiger partial charge in [0.15, 0.2) is 0 Å². The van der Waals surface area contributed by atoms with E-state index in [1.54, 1.807) is 0 Å². The summed E-state index contributed by atoms with van der Waals surface area (Å²) >= 11 is 0. The summed E-state index contributed by atoms with van der Waals surface area (Å²) < 4.78 is 5.57. The van der Waals surface area contributed by atoms with Gasteiger partial charge in [0.05, 0.1) is 0 Å². The van der Waals surface area contributed by atoms with E-state index in [2.05, 4.69) is 24.0 Å². The van der Waals surface area contributed by atoms with Crippen molar-refractivity contribution in [2.24, 2.45) is 0 Å². The van der Waals surface area contributed by atoms with E-state index >= 15 is 0 Å². The zero-order chi connectivity index (χ0) is 15.1. The molecule has 0 saturated heterocycles. The van der Waals surface area contributed by atoms with Crippen LogP contribution in [-0.2, 0) is 6.54 Å². The summed E-state index contributed by atoms with van der Waals surface area (Å²) in [5.74, 6) is 0.790. The molecule has 0 aliphatic carbocycles. The van der Waals surface area contributed by atoms with Gasteiger partial charge in [-0.1, -0.05) is 42.5 Å². The van der Waals surface area contributed by atoms with Crippen molar-refractivity contribution in [3.63, 3.8) is 0 Å². The van der Waals surface area contributed by atoms with Crippen LogP contribution >= 0.6 is 0 Å². The van der Waals surface area contributed by atoms with E-state index in [1.165, 1.54) is 11.1 Å². The first-order chi connectivity index (χ1) is 10.1. The maximum Gasteiger partial charge on any atom is 0.119 e. The van der Waals surface area contributed by atoms with Crippen LogP contribution in [0.15, 0.2) is 54.6 Å². The third-order valence-corrected chi connectivity index (χ3v) is 3.41. The molecule has 0 aliphatic heterocycles. The molecule has 0 amide bonds. The molecule has 0 radical (unpaired) electrons. The molecule has 1 unspecified atom stereocenters. The number of aryl methyl sites for hydroxylation is 1. The van der Waals surface area contributed by atoms with Crippen LogP contribution in [0.4, 0.5) is 0 Å². The van der Waals surface area contributed by atoms with Crippen molar-refractivity contribution in [3.05, 3.63) is 65.7 Å². The van der Waals surface area contributed by atoms with Crippen molar-refractivity contribution in [1.29, 1.82) is 0 Å². The molecule has 1 atom stereocenters. The van der Waals surface area contributed by atoms with E-state index < -0.39 is 6.10 Å². The van der Waals surface area contributed by atoms with E-state index in [9.17, 15) is 5.11 Å². The van der Waals surface area contributed by atoms with Gasteiger partial charge >= 0.3 is 0 Å². The highest BCUT2D eigenvalue weighted by Crippen LogP contribution is 2.11. The highest BCUT2D eigenvalue weighted by Gasteiger charge is 2.10. The Morgan fingerprint density at radius 2 is 1.71 bits per heavy atom. The molecular formula is C18H23NO2. The first-order valence-electron chi connectivity index (χ1n) is 7.24. The number of aliphatic hydroxyl groups excluding tert-OH is 1. The fourth-order valence-corrected chi connectivity index (χ4v) is 2.26. The van der Waals surface area contributed by atoms with E-state index in [0.29, 0.717) is 13.2 Å². The van der Waals surface area contributed by atoms with Gasteiger partial charge in [-0.25, -0.2) is 0 Å². The minimum Gasteiger partial charge on any atom is -0.491 e. The Balaban J connectivity index is 1.77. The van der Waals surface area contributed by atoms with Crippen LogP contribution < -0.4 is 4.74 Å². The van der Waals surface area contributed by atoms with Crippen LogP contribution in [-0.4, -0.2) is 36.3 Å². The number of benzene rings is 2. The van der Waals surface area contributed by atoms with E-state index in [4.69, 9.17) is 4.74 Å². The molecule has 0 spiro atoms. The molecule has 2 rings (SSSR count). The second-order valence-electron chi connectivity index (χ2n) is 5.40. The third-order valence-electron chi connectivity index (χ3n) is 3.41. The molecule has 112 valence electrons. The molecule has 0 bridgehead atoms. The highest BCUT2D eigenvalue weighted by atomic mass is 16.5. The Morgan fingerprint density at radius 1 is 1.05 bits per heavy atom. The molecule has 0 heterocycles. The SMILES string of the molecule is Cc1ccccc1CN(C)CC(O)COc1ccccc1. The first kappa shape index (κ1) is 15.5. The van der Waals surface area contributed by atoms with Crippen LogP contribution in [0.5, 0.6) is 5.75 Å². The monoisotopic (exact) mass is 285 g/mol. The number of hydrogen-bond acceptors (Lipinski definition) is 3.